The Hall–Kier alpha value is -5.10. The molecule has 6 aromatic rings. The molecule has 0 saturated heterocycles. The Labute approximate surface area is 238 Å². The SMILES string of the molecule is CNC(=O)c1c(-c2ccc(F)cc2)oc2cc(N(C)S(C)(=O)=O)c(-c3ccc(F)c(-c4nc5cccnc5[nH]4)c3)cc12. The lowest BCUT2D eigenvalue weighted by Gasteiger charge is -2.21. The molecule has 0 unspecified atom stereocenters. The Morgan fingerprint density at radius 3 is 2.43 bits per heavy atom. The minimum Gasteiger partial charge on any atom is -0.455 e. The molecule has 12 heteroatoms. The summed E-state index contributed by atoms with van der Waals surface area (Å²) in [6.07, 6.45) is 2.65. The summed E-state index contributed by atoms with van der Waals surface area (Å²) in [6, 6.07) is 16.4. The molecule has 212 valence electrons. The highest BCUT2D eigenvalue weighted by Gasteiger charge is 2.26. The van der Waals surface area contributed by atoms with Crippen LogP contribution in [0.4, 0.5) is 14.5 Å². The lowest BCUT2D eigenvalue weighted by atomic mass is 9.97. The summed E-state index contributed by atoms with van der Waals surface area (Å²) in [5, 5.41) is 2.99. The Kier molecular flexibility index (Phi) is 6.49. The number of aromatic nitrogens is 3. The first kappa shape index (κ1) is 27.1. The highest BCUT2D eigenvalue weighted by molar-refractivity contribution is 7.92. The van der Waals surface area contributed by atoms with Gasteiger partial charge < -0.3 is 14.7 Å². The molecule has 2 N–H and O–H groups in total. The summed E-state index contributed by atoms with van der Waals surface area (Å²) in [6.45, 7) is 0. The number of hydrogen-bond acceptors (Lipinski definition) is 6. The van der Waals surface area contributed by atoms with E-state index in [1.807, 2.05) is 0 Å². The number of fused-ring (bicyclic) bond motifs is 2. The Morgan fingerprint density at radius 1 is 1.00 bits per heavy atom. The van der Waals surface area contributed by atoms with E-state index in [0.29, 0.717) is 33.2 Å². The van der Waals surface area contributed by atoms with Gasteiger partial charge in [0, 0.05) is 42.9 Å². The summed E-state index contributed by atoms with van der Waals surface area (Å²) >= 11 is 0. The van der Waals surface area contributed by atoms with E-state index in [0.717, 1.165) is 10.6 Å². The van der Waals surface area contributed by atoms with Crippen LogP contribution in [0.15, 0.2) is 77.3 Å². The number of anilines is 1. The number of carbonyl (C=O) groups excluding carboxylic acids is 1. The summed E-state index contributed by atoms with van der Waals surface area (Å²) in [4.78, 5) is 24.8. The van der Waals surface area contributed by atoms with Crippen LogP contribution < -0.4 is 9.62 Å². The quantitative estimate of drug-likeness (QED) is 0.256. The minimum absolute atomic E-state index is 0.143. The highest BCUT2D eigenvalue weighted by atomic mass is 32.2. The monoisotopic (exact) mass is 587 g/mol. The number of benzene rings is 3. The van der Waals surface area contributed by atoms with Crippen LogP contribution in [0.5, 0.6) is 0 Å². The van der Waals surface area contributed by atoms with Crippen molar-refractivity contribution in [1.29, 1.82) is 0 Å². The van der Waals surface area contributed by atoms with E-state index in [9.17, 15) is 17.6 Å². The number of imidazole rings is 1. The van der Waals surface area contributed by atoms with Gasteiger partial charge in [0.15, 0.2) is 5.65 Å². The normalized spacial score (nSPS) is 11.7. The van der Waals surface area contributed by atoms with Crippen LogP contribution in [-0.2, 0) is 10.0 Å². The van der Waals surface area contributed by atoms with E-state index < -0.39 is 27.6 Å². The van der Waals surface area contributed by atoms with Gasteiger partial charge in [-0.05, 0) is 60.2 Å². The van der Waals surface area contributed by atoms with Crippen molar-refractivity contribution in [3.63, 3.8) is 0 Å². The molecule has 0 saturated carbocycles. The largest absolute Gasteiger partial charge is 0.455 e. The fourth-order valence-corrected chi connectivity index (χ4v) is 5.31. The van der Waals surface area contributed by atoms with Gasteiger partial charge in [-0.3, -0.25) is 9.10 Å². The second-order valence-corrected chi connectivity index (χ2v) is 11.7. The average molecular weight is 588 g/mol. The van der Waals surface area contributed by atoms with Crippen LogP contribution in [-0.4, -0.2) is 49.6 Å². The van der Waals surface area contributed by atoms with Gasteiger partial charge in [0.2, 0.25) is 10.0 Å². The zero-order chi connectivity index (χ0) is 29.8. The van der Waals surface area contributed by atoms with Gasteiger partial charge in [0.05, 0.1) is 23.1 Å². The first-order valence-corrected chi connectivity index (χ1v) is 14.5. The molecule has 0 bridgehead atoms. The second-order valence-electron chi connectivity index (χ2n) is 9.64. The maximum Gasteiger partial charge on any atom is 0.255 e. The fourth-order valence-electron chi connectivity index (χ4n) is 4.80. The predicted octanol–water partition coefficient (Wildman–Crippen LogP) is 5.74. The maximum atomic E-state index is 15.2. The lowest BCUT2D eigenvalue weighted by Crippen LogP contribution is -2.25. The van der Waals surface area contributed by atoms with Gasteiger partial charge in [-0.2, -0.15) is 0 Å². The number of pyridine rings is 1. The number of carbonyl (C=O) groups is 1. The van der Waals surface area contributed by atoms with E-state index in [1.165, 1.54) is 56.6 Å². The zero-order valence-corrected chi connectivity index (χ0v) is 23.4. The van der Waals surface area contributed by atoms with Crippen LogP contribution in [0.1, 0.15) is 10.4 Å². The van der Waals surface area contributed by atoms with Gasteiger partial charge in [-0.1, -0.05) is 6.07 Å². The first-order chi connectivity index (χ1) is 20.0. The molecule has 0 aliphatic rings. The summed E-state index contributed by atoms with van der Waals surface area (Å²) in [5.41, 5.74) is 3.13. The van der Waals surface area contributed by atoms with Gasteiger partial charge >= 0.3 is 0 Å². The third-order valence-corrected chi connectivity index (χ3v) is 8.18. The maximum absolute atomic E-state index is 15.2. The highest BCUT2D eigenvalue weighted by Crippen LogP contribution is 2.42. The molecule has 0 spiro atoms. The van der Waals surface area contributed by atoms with E-state index in [2.05, 4.69) is 20.3 Å². The first-order valence-electron chi connectivity index (χ1n) is 12.7. The van der Waals surface area contributed by atoms with Gasteiger partial charge in [-0.15, -0.1) is 0 Å². The van der Waals surface area contributed by atoms with Gasteiger partial charge in [-0.25, -0.2) is 27.2 Å². The zero-order valence-electron chi connectivity index (χ0n) is 22.6. The van der Waals surface area contributed by atoms with E-state index in [1.54, 1.807) is 30.5 Å². The van der Waals surface area contributed by atoms with Gasteiger partial charge in [0.1, 0.15) is 34.3 Å². The molecule has 0 fully saturated rings. The molecule has 0 atom stereocenters. The molecule has 1 amide bonds. The van der Waals surface area contributed by atoms with E-state index >= 15 is 4.39 Å². The molecule has 0 aliphatic heterocycles. The minimum atomic E-state index is -3.75. The number of halogens is 2. The number of sulfonamides is 1. The molecule has 42 heavy (non-hydrogen) atoms. The second kappa shape index (κ2) is 10.1. The van der Waals surface area contributed by atoms with Crippen LogP contribution >= 0.6 is 0 Å². The number of nitrogens with zero attached hydrogens (tertiary/aromatic N) is 3. The number of furan rings is 1. The summed E-state index contributed by atoms with van der Waals surface area (Å²) < 4.78 is 61.4. The number of H-pyrrole nitrogens is 1. The molecule has 3 aromatic carbocycles. The topological polar surface area (TPSA) is 121 Å². The van der Waals surface area contributed by atoms with E-state index in [4.69, 9.17) is 4.42 Å². The smallest absolute Gasteiger partial charge is 0.255 e. The number of aromatic amines is 1. The standard InChI is InChI=1S/C30H23F2N5O4S/c1-33-30(38)26-21-14-19(17-8-11-22(32)20(13-17)28-35-23-5-4-12-34-29(23)36-28)24(37(2)42(3,39)40)15-25(21)41-27(26)16-6-9-18(31)10-7-16/h4-15H,1-3H3,(H,33,38)(H,34,35,36). The van der Waals surface area contributed by atoms with Crippen molar-refractivity contribution in [3.8, 4) is 33.8 Å². The number of amides is 1. The molecule has 6 rings (SSSR count). The van der Waals surface area contributed by atoms with E-state index in [-0.39, 0.29) is 34.0 Å². The van der Waals surface area contributed by atoms with Crippen molar-refractivity contribution >= 4 is 43.8 Å². The van der Waals surface area contributed by atoms with Crippen molar-refractivity contribution in [1.82, 2.24) is 20.3 Å². The summed E-state index contributed by atoms with van der Waals surface area (Å²) in [7, 11) is -0.897. The Morgan fingerprint density at radius 2 is 1.74 bits per heavy atom. The van der Waals surface area contributed by atoms with Crippen molar-refractivity contribution in [3.05, 3.63) is 90.1 Å². The van der Waals surface area contributed by atoms with Crippen molar-refractivity contribution in [2.45, 2.75) is 0 Å². The Balaban J connectivity index is 1.63. The predicted molar refractivity (Wildman–Crippen MR) is 157 cm³/mol. The average Bonchev–Trinajstić information content (AvgIpc) is 3.57. The number of rotatable bonds is 6. The van der Waals surface area contributed by atoms with Crippen LogP contribution in [0, 0.1) is 11.6 Å². The fraction of sp³-hybridized carbons (Fsp3) is 0.100. The lowest BCUT2D eigenvalue weighted by molar-refractivity contribution is 0.0964. The molecular weight excluding hydrogens is 564 g/mol. The van der Waals surface area contributed by atoms with Crippen molar-refractivity contribution in [2.24, 2.45) is 0 Å². The third-order valence-electron chi connectivity index (χ3n) is 6.99. The Bertz CT molecular complexity index is 2090. The molecule has 9 nitrogen and oxygen atoms in total. The van der Waals surface area contributed by atoms with Crippen LogP contribution in [0.2, 0.25) is 0 Å². The van der Waals surface area contributed by atoms with Gasteiger partial charge in [0.25, 0.3) is 5.91 Å². The van der Waals surface area contributed by atoms with Crippen molar-refractivity contribution < 1.29 is 26.4 Å². The molecule has 0 radical (unpaired) electrons. The number of nitrogens with one attached hydrogen (secondary N) is 2. The van der Waals surface area contributed by atoms with Crippen LogP contribution in [0.25, 0.3) is 56.0 Å². The molecule has 3 aromatic heterocycles. The summed E-state index contributed by atoms with van der Waals surface area (Å²) in [5.74, 6) is -1.04. The molecule has 3 heterocycles. The molecular formula is C30H23F2N5O4S. The van der Waals surface area contributed by atoms with Crippen LogP contribution in [0.3, 0.4) is 0 Å². The third kappa shape index (κ3) is 4.65. The number of hydrogen-bond donors (Lipinski definition) is 2. The van der Waals surface area contributed by atoms with Crippen molar-refractivity contribution in [2.75, 3.05) is 24.7 Å². The molecule has 0 aliphatic carbocycles.